The number of H-pyrrole nitrogens is 1. The highest BCUT2D eigenvalue weighted by Gasteiger charge is 2.32. The Morgan fingerprint density at radius 2 is 1.88 bits per heavy atom. The lowest BCUT2D eigenvalue weighted by Gasteiger charge is -2.11. The van der Waals surface area contributed by atoms with E-state index in [0.29, 0.717) is 6.92 Å². The molecule has 3 aromatic rings. The van der Waals surface area contributed by atoms with Crippen LogP contribution in [0.2, 0.25) is 0 Å². The average molecular weight is 359 g/mol. The lowest BCUT2D eigenvalue weighted by atomic mass is 10.2. The molecule has 3 rings (SSSR count). The number of hydrogen-bond acceptors (Lipinski definition) is 4. The van der Waals surface area contributed by atoms with Crippen LogP contribution >= 0.6 is 0 Å². The summed E-state index contributed by atoms with van der Waals surface area (Å²) in [6, 6.07) is 2.88. The van der Waals surface area contributed by atoms with Crippen molar-refractivity contribution in [3.63, 3.8) is 0 Å². The molecular weight excluding hydrogens is 345 g/mol. The molecule has 10 heteroatoms. The van der Waals surface area contributed by atoms with Crippen molar-refractivity contribution in [3.05, 3.63) is 47.7 Å². The number of rotatable bonds is 4. The Kier molecular flexibility index (Phi) is 3.46. The van der Waals surface area contributed by atoms with Gasteiger partial charge in [0.05, 0.1) is 2.74 Å². The molecule has 0 aliphatic carbocycles. The first-order valence-electron chi connectivity index (χ1n) is 7.91. The molecule has 0 saturated carbocycles. The van der Waals surface area contributed by atoms with Crippen molar-refractivity contribution >= 4 is 16.9 Å². The van der Waals surface area contributed by atoms with Crippen molar-refractivity contribution in [2.75, 3.05) is 5.32 Å². The Hall–Kier alpha value is -2.78. The molecule has 0 radical (unpaired) electrons. The molecule has 0 spiro atoms. The molecule has 0 bridgehead atoms. The predicted octanol–water partition coefficient (Wildman–Crippen LogP) is 4.10. The molecule has 0 aliphatic heterocycles. The van der Waals surface area contributed by atoms with Gasteiger partial charge in [0.1, 0.15) is 29.2 Å². The maximum atomic E-state index is 13.3. The van der Waals surface area contributed by atoms with Crippen LogP contribution in [0.3, 0.4) is 0 Å². The summed E-state index contributed by atoms with van der Waals surface area (Å²) in [5.74, 6) is -3.46. The van der Waals surface area contributed by atoms with Gasteiger partial charge in [-0.15, -0.1) is 0 Å². The first-order chi connectivity index (χ1) is 12.4. The molecule has 0 atom stereocenters. The number of pyridine rings is 1. The molecule has 3 heterocycles. The number of anilines is 1. The highest BCUT2D eigenvalue weighted by Crippen LogP contribution is 2.31. The first-order valence-corrected chi connectivity index (χ1v) is 6.91. The molecule has 25 heavy (non-hydrogen) atoms. The third-order valence-electron chi connectivity index (χ3n) is 3.23. The van der Waals surface area contributed by atoms with Gasteiger partial charge in [-0.1, -0.05) is 0 Å². The Bertz CT molecular complexity index is 981. The Morgan fingerprint density at radius 3 is 2.56 bits per heavy atom. The monoisotopic (exact) mass is 359 g/mol. The topological polar surface area (TPSA) is 66.5 Å². The fourth-order valence-electron chi connectivity index (χ4n) is 2.04. The highest BCUT2D eigenvalue weighted by atomic mass is 19.4. The predicted molar refractivity (Wildman–Crippen MR) is 80.0 cm³/mol. The summed E-state index contributed by atoms with van der Waals surface area (Å²) in [5, 5.41) is 2.38. The number of aromatic amines is 1. The number of fused-ring (bicyclic) bond motifs is 1. The number of nitrogens with one attached hydrogen (secondary N) is 2. The SMILES string of the molecule is [2H]C([2H])(Nc1cc(C(C)(F)F)ncn1)c1cnc2[nH]c(C(F)(F)F)cc2c1. The Balaban J connectivity index is 1.92. The maximum absolute atomic E-state index is 13.3. The van der Waals surface area contributed by atoms with Gasteiger partial charge in [0.2, 0.25) is 0 Å². The van der Waals surface area contributed by atoms with Crippen molar-refractivity contribution < 1.29 is 24.7 Å². The van der Waals surface area contributed by atoms with Crippen LogP contribution < -0.4 is 5.32 Å². The van der Waals surface area contributed by atoms with Crippen molar-refractivity contribution in [1.29, 1.82) is 0 Å². The van der Waals surface area contributed by atoms with E-state index in [9.17, 15) is 22.0 Å². The maximum Gasteiger partial charge on any atom is 0.431 e. The second kappa shape index (κ2) is 5.94. The highest BCUT2D eigenvalue weighted by molar-refractivity contribution is 5.77. The molecule has 132 valence electrons. The molecule has 0 amide bonds. The lowest BCUT2D eigenvalue weighted by Crippen LogP contribution is -2.11. The van der Waals surface area contributed by atoms with Gasteiger partial charge in [0, 0.05) is 31.1 Å². The number of nitrogens with zero attached hydrogens (tertiary/aromatic N) is 3. The summed E-state index contributed by atoms with van der Waals surface area (Å²) in [4.78, 5) is 13.0. The average Bonchev–Trinajstić information content (AvgIpc) is 2.97. The summed E-state index contributed by atoms with van der Waals surface area (Å²) in [6.07, 6.45) is -2.70. The largest absolute Gasteiger partial charge is 0.431 e. The van der Waals surface area contributed by atoms with Crippen LogP contribution in [0.4, 0.5) is 27.8 Å². The molecule has 0 fully saturated rings. The van der Waals surface area contributed by atoms with Crippen LogP contribution in [0, 0.1) is 0 Å². The van der Waals surface area contributed by atoms with Crippen LogP contribution in [-0.4, -0.2) is 19.9 Å². The van der Waals surface area contributed by atoms with Gasteiger partial charge in [-0.05, 0) is 17.7 Å². The van der Waals surface area contributed by atoms with Gasteiger partial charge in [-0.2, -0.15) is 22.0 Å². The zero-order chi connectivity index (χ0) is 20.0. The van der Waals surface area contributed by atoms with Gasteiger partial charge in [0.25, 0.3) is 5.92 Å². The van der Waals surface area contributed by atoms with Crippen LogP contribution in [0.25, 0.3) is 11.0 Å². The number of halogens is 5. The third kappa shape index (κ3) is 3.83. The molecular formula is C15H12F5N5. The minimum atomic E-state index is -4.60. The fourth-order valence-corrected chi connectivity index (χ4v) is 2.04. The summed E-state index contributed by atoms with van der Waals surface area (Å²) in [7, 11) is 0. The van der Waals surface area contributed by atoms with E-state index in [1.165, 1.54) is 6.07 Å². The molecule has 3 aromatic heterocycles. The van der Waals surface area contributed by atoms with Crippen molar-refractivity contribution in [3.8, 4) is 0 Å². The fraction of sp³-hybridized carbons (Fsp3) is 0.267. The molecule has 0 aliphatic rings. The van der Waals surface area contributed by atoms with Gasteiger partial charge in [0.15, 0.2) is 0 Å². The number of aromatic nitrogens is 4. The van der Waals surface area contributed by atoms with E-state index >= 15 is 0 Å². The van der Waals surface area contributed by atoms with E-state index in [1.54, 1.807) is 0 Å². The van der Waals surface area contributed by atoms with E-state index in [0.717, 1.165) is 24.7 Å². The minimum absolute atomic E-state index is 0.0500. The molecule has 0 unspecified atom stereocenters. The van der Waals surface area contributed by atoms with E-state index in [-0.39, 0.29) is 22.4 Å². The normalized spacial score (nSPS) is 14.3. The quantitative estimate of drug-likeness (QED) is 0.689. The smallest absolute Gasteiger partial charge is 0.366 e. The molecule has 5 nitrogen and oxygen atoms in total. The summed E-state index contributed by atoms with van der Waals surface area (Å²) >= 11 is 0. The van der Waals surface area contributed by atoms with Gasteiger partial charge < -0.3 is 10.3 Å². The van der Waals surface area contributed by atoms with Crippen LogP contribution in [-0.2, 0) is 18.6 Å². The van der Waals surface area contributed by atoms with Crippen LogP contribution in [0.15, 0.2) is 30.7 Å². The zero-order valence-corrected chi connectivity index (χ0v) is 12.6. The van der Waals surface area contributed by atoms with Crippen LogP contribution in [0.1, 0.15) is 26.6 Å². The standard InChI is InChI=1S/C15H12F5N5/c1-14(16,17)10-4-12(24-7-23-10)21-5-8-2-9-3-11(15(18,19)20)25-13(9)22-6-8/h2-4,6-7H,5H2,1H3,(H,22,25)(H,21,23,24)/i5D2. The Labute approximate surface area is 141 Å². The molecule has 2 N–H and O–H groups in total. The van der Waals surface area contributed by atoms with Gasteiger partial charge >= 0.3 is 6.18 Å². The Morgan fingerprint density at radius 1 is 1.12 bits per heavy atom. The van der Waals surface area contributed by atoms with Crippen molar-refractivity contribution in [1.82, 2.24) is 19.9 Å². The number of alkyl halides is 5. The van der Waals surface area contributed by atoms with E-state index in [2.05, 4.69) is 25.3 Å². The van der Waals surface area contributed by atoms with E-state index in [4.69, 9.17) is 2.74 Å². The summed E-state index contributed by atoms with van der Waals surface area (Å²) in [6.45, 7) is -1.71. The van der Waals surface area contributed by atoms with E-state index in [1.807, 2.05) is 0 Å². The van der Waals surface area contributed by atoms with Crippen molar-refractivity contribution in [2.45, 2.75) is 25.5 Å². The van der Waals surface area contributed by atoms with Crippen molar-refractivity contribution in [2.24, 2.45) is 0 Å². The van der Waals surface area contributed by atoms with Gasteiger partial charge in [-0.25, -0.2) is 15.0 Å². The summed E-state index contributed by atoms with van der Waals surface area (Å²) < 4.78 is 81.1. The number of hydrogen-bond donors (Lipinski definition) is 2. The van der Waals surface area contributed by atoms with E-state index < -0.39 is 30.0 Å². The first kappa shape index (κ1) is 14.6. The second-order valence-corrected chi connectivity index (χ2v) is 5.27. The zero-order valence-electron chi connectivity index (χ0n) is 14.6. The summed E-state index contributed by atoms with van der Waals surface area (Å²) in [5.41, 5.74) is -1.78. The molecule has 0 saturated heterocycles. The molecule has 0 aromatic carbocycles. The van der Waals surface area contributed by atoms with Crippen LogP contribution in [0.5, 0.6) is 0 Å². The third-order valence-corrected chi connectivity index (χ3v) is 3.23. The lowest BCUT2D eigenvalue weighted by molar-refractivity contribution is -0.140. The second-order valence-electron chi connectivity index (χ2n) is 5.27. The van der Waals surface area contributed by atoms with Gasteiger partial charge in [-0.3, -0.25) is 0 Å². The minimum Gasteiger partial charge on any atom is -0.366 e.